The van der Waals surface area contributed by atoms with Gasteiger partial charge in [0.05, 0.1) is 0 Å². The third-order valence-electron chi connectivity index (χ3n) is 4.13. The number of halogens is 5. The van der Waals surface area contributed by atoms with Crippen LogP contribution in [0.2, 0.25) is 0 Å². The molecule has 2 nitrogen and oxygen atoms in total. The molecule has 0 amide bonds. The average Bonchev–Trinajstić information content (AvgIpc) is 2.46. The van der Waals surface area contributed by atoms with E-state index in [1.54, 1.807) is 0 Å². The van der Waals surface area contributed by atoms with E-state index in [2.05, 4.69) is 0 Å². The summed E-state index contributed by atoms with van der Waals surface area (Å²) in [5.74, 6) is -5.41. The van der Waals surface area contributed by atoms with Gasteiger partial charge in [0.1, 0.15) is 5.60 Å². The normalized spacial score (nSPS) is 18.5. The first-order valence-electron chi connectivity index (χ1n) is 7.34. The van der Waals surface area contributed by atoms with Crippen molar-refractivity contribution in [1.82, 2.24) is 0 Å². The van der Waals surface area contributed by atoms with Gasteiger partial charge in [-0.2, -0.15) is 22.0 Å². The molecule has 1 saturated carbocycles. The average molecular weight is 336 g/mol. The van der Waals surface area contributed by atoms with Gasteiger partial charge in [-0.1, -0.05) is 30.7 Å². The molecule has 1 aliphatic rings. The number of ether oxygens (including phenoxy) is 1. The van der Waals surface area contributed by atoms with Crippen molar-refractivity contribution in [1.29, 1.82) is 0 Å². The van der Waals surface area contributed by atoms with E-state index in [0.717, 1.165) is 31.4 Å². The number of alkyl halides is 5. The predicted octanol–water partition coefficient (Wildman–Crippen LogP) is 5.06. The Hall–Kier alpha value is -1.66. The maximum absolute atomic E-state index is 13.3. The highest BCUT2D eigenvalue weighted by Gasteiger charge is 2.58. The molecule has 1 aromatic carbocycles. The third-order valence-corrected chi connectivity index (χ3v) is 4.13. The fourth-order valence-electron chi connectivity index (χ4n) is 2.99. The Labute approximate surface area is 130 Å². The van der Waals surface area contributed by atoms with E-state index in [-0.39, 0.29) is 0 Å². The molecule has 2 rings (SSSR count). The number of benzene rings is 1. The van der Waals surface area contributed by atoms with Crippen molar-refractivity contribution in [2.24, 2.45) is 0 Å². The molecule has 0 aromatic heterocycles. The highest BCUT2D eigenvalue weighted by molar-refractivity contribution is 5.67. The van der Waals surface area contributed by atoms with Crippen LogP contribution in [0.4, 0.5) is 22.0 Å². The molecule has 7 heteroatoms. The molecule has 0 atom stereocenters. The Bertz CT molecular complexity index is 557. The minimum absolute atomic E-state index is 0.453. The van der Waals surface area contributed by atoms with Crippen LogP contribution >= 0.6 is 0 Å². The van der Waals surface area contributed by atoms with Gasteiger partial charge in [-0.15, -0.1) is 0 Å². The lowest BCUT2D eigenvalue weighted by Gasteiger charge is -2.37. The molecule has 0 spiro atoms. The molecular weight excluding hydrogens is 319 g/mol. The smallest absolute Gasteiger partial charge is 0.454 e. The first-order valence-corrected chi connectivity index (χ1v) is 7.34. The van der Waals surface area contributed by atoms with Crippen molar-refractivity contribution in [3.8, 4) is 0 Å². The van der Waals surface area contributed by atoms with Crippen LogP contribution < -0.4 is 0 Å². The maximum atomic E-state index is 13.3. The first-order chi connectivity index (χ1) is 10.6. The second-order valence-electron chi connectivity index (χ2n) is 5.80. The van der Waals surface area contributed by atoms with Gasteiger partial charge < -0.3 is 4.74 Å². The fourth-order valence-corrected chi connectivity index (χ4v) is 2.99. The van der Waals surface area contributed by atoms with Crippen LogP contribution in [-0.2, 0) is 21.1 Å². The lowest BCUT2D eigenvalue weighted by molar-refractivity contribution is -0.289. The summed E-state index contributed by atoms with van der Waals surface area (Å²) < 4.78 is 69.3. The number of rotatable bonds is 3. The van der Waals surface area contributed by atoms with Crippen LogP contribution in [-0.4, -0.2) is 12.1 Å². The van der Waals surface area contributed by atoms with E-state index in [1.165, 1.54) is 19.1 Å². The third kappa shape index (κ3) is 3.48. The zero-order chi connectivity index (χ0) is 17.3. The van der Waals surface area contributed by atoms with Gasteiger partial charge in [-0.05, 0) is 31.2 Å². The van der Waals surface area contributed by atoms with Gasteiger partial charge in [-0.3, -0.25) is 4.79 Å². The van der Waals surface area contributed by atoms with Crippen molar-refractivity contribution in [3.05, 3.63) is 35.4 Å². The second-order valence-corrected chi connectivity index (χ2v) is 5.80. The molecular formula is C16H17F5O2. The monoisotopic (exact) mass is 336 g/mol. The topological polar surface area (TPSA) is 26.3 Å². The summed E-state index contributed by atoms with van der Waals surface area (Å²) in [7, 11) is 0. The molecule has 0 bridgehead atoms. The number of carbonyl (C=O) groups is 1. The summed E-state index contributed by atoms with van der Waals surface area (Å²) in [6.45, 7) is 1.25. The summed E-state index contributed by atoms with van der Waals surface area (Å²) in [5.41, 5.74) is -1.60. The lowest BCUT2D eigenvalue weighted by Crippen LogP contribution is -2.35. The highest BCUT2D eigenvalue weighted by Crippen LogP contribution is 2.45. The van der Waals surface area contributed by atoms with Gasteiger partial charge >= 0.3 is 18.1 Å². The lowest BCUT2D eigenvalue weighted by atomic mass is 9.79. The fraction of sp³-hybridized carbons (Fsp3) is 0.562. The van der Waals surface area contributed by atoms with Gasteiger partial charge in [-0.25, -0.2) is 0 Å². The Morgan fingerprint density at radius 1 is 1.00 bits per heavy atom. The summed E-state index contributed by atoms with van der Waals surface area (Å²) >= 11 is 0. The summed E-state index contributed by atoms with van der Waals surface area (Å²) in [6, 6.07) is 3.90. The highest BCUT2D eigenvalue weighted by atomic mass is 19.4. The van der Waals surface area contributed by atoms with Crippen molar-refractivity contribution >= 4 is 5.97 Å². The van der Waals surface area contributed by atoms with Crippen LogP contribution in [0.3, 0.4) is 0 Å². The van der Waals surface area contributed by atoms with Crippen molar-refractivity contribution in [2.45, 2.75) is 56.7 Å². The molecule has 128 valence electrons. The quantitative estimate of drug-likeness (QED) is 0.569. The molecule has 1 aliphatic carbocycles. The van der Waals surface area contributed by atoms with Crippen molar-refractivity contribution < 1.29 is 31.5 Å². The first kappa shape index (κ1) is 17.7. The molecule has 0 saturated heterocycles. The SMILES string of the molecule is CC(=O)OC1(c2ccc(C(F)(F)C(F)(F)F)cc2)CCCCC1. The van der Waals surface area contributed by atoms with Gasteiger partial charge in [0.2, 0.25) is 0 Å². The summed E-state index contributed by atoms with van der Waals surface area (Å²) in [6.07, 6.45) is -2.02. The van der Waals surface area contributed by atoms with Crippen LogP contribution in [0.25, 0.3) is 0 Å². The minimum Gasteiger partial charge on any atom is -0.454 e. The largest absolute Gasteiger partial charge is 0.458 e. The number of carbonyl (C=O) groups excluding carboxylic acids is 1. The number of esters is 1. The van der Waals surface area contributed by atoms with Crippen LogP contribution in [0.1, 0.15) is 50.2 Å². The minimum atomic E-state index is -5.65. The number of hydrogen-bond donors (Lipinski definition) is 0. The molecule has 23 heavy (non-hydrogen) atoms. The predicted molar refractivity (Wildman–Crippen MR) is 72.9 cm³/mol. The van der Waals surface area contributed by atoms with Gasteiger partial charge in [0.15, 0.2) is 0 Å². The molecule has 0 heterocycles. The Morgan fingerprint density at radius 2 is 1.52 bits per heavy atom. The number of hydrogen-bond acceptors (Lipinski definition) is 2. The Morgan fingerprint density at radius 3 is 1.96 bits per heavy atom. The van der Waals surface area contributed by atoms with E-state index in [9.17, 15) is 26.7 Å². The standard InChI is InChI=1S/C16H17F5O2/c1-11(22)23-14(9-3-2-4-10-14)12-5-7-13(8-6-12)15(17,18)16(19,20)21/h5-8H,2-4,9-10H2,1H3. The van der Waals surface area contributed by atoms with Crippen molar-refractivity contribution in [3.63, 3.8) is 0 Å². The van der Waals surface area contributed by atoms with Crippen LogP contribution in [0.5, 0.6) is 0 Å². The molecule has 1 fully saturated rings. The van der Waals surface area contributed by atoms with Crippen molar-refractivity contribution in [2.75, 3.05) is 0 Å². The molecule has 0 radical (unpaired) electrons. The zero-order valence-electron chi connectivity index (χ0n) is 12.6. The summed E-state index contributed by atoms with van der Waals surface area (Å²) in [4.78, 5) is 11.4. The Balaban J connectivity index is 2.35. The maximum Gasteiger partial charge on any atom is 0.458 e. The summed E-state index contributed by atoms with van der Waals surface area (Å²) in [5, 5.41) is 0. The van der Waals surface area contributed by atoms with Crippen LogP contribution in [0.15, 0.2) is 24.3 Å². The van der Waals surface area contributed by atoms with Gasteiger partial charge in [0.25, 0.3) is 0 Å². The van der Waals surface area contributed by atoms with E-state index in [0.29, 0.717) is 18.4 Å². The Kier molecular flexibility index (Phi) is 4.69. The molecule has 0 aliphatic heterocycles. The zero-order valence-corrected chi connectivity index (χ0v) is 12.6. The molecule has 1 aromatic rings. The van der Waals surface area contributed by atoms with E-state index in [1.807, 2.05) is 0 Å². The van der Waals surface area contributed by atoms with Crippen LogP contribution in [0, 0.1) is 0 Å². The molecule has 0 N–H and O–H groups in total. The molecule has 0 unspecified atom stereocenters. The van der Waals surface area contributed by atoms with E-state index < -0.39 is 29.2 Å². The second kappa shape index (κ2) is 6.09. The van der Waals surface area contributed by atoms with E-state index >= 15 is 0 Å². The van der Waals surface area contributed by atoms with E-state index in [4.69, 9.17) is 4.74 Å². The van der Waals surface area contributed by atoms with Gasteiger partial charge in [0, 0.05) is 12.5 Å².